The molecule has 2 rings (SSSR count). The second kappa shape index (κ2) is 2.50. The Labute approximate surface area is 84.8 Å². The zero-order valence-electron chi connectivity index (χ0n) is 7.45. The van der Waals surface area contributed by atoms with Crippen molar-refractivity contribution in [3.05, 3.63) is 0 Å². The van der Waals surface area contributed by atoms with E-state index in [0.29, 0.717) is 0 Å². The summed E-state index contributed by atoms with van der Waals surface area (Å²) in [6, 6.07) is 0. The summed E-state index contributed by atoms with van der Waals surface area (Å²) in [6.45, 7) is 0. The van der Waals surface area contributed by atoms with E-state index in [4.69, 9.17) is 15.9 Å². The number of aliphatic carboxylic acids is 2. The number of hydrogen-bond acceptors (Lipinski definition) is 5. The lowest BCUT2D eigenvalue weighted by Gasteiger charge is -2.19. The molecule has 4 N–H and O–H groups in total. The molecule has 0 aromatic rings. The molecule has 0 unspecified atom stereocenters. The molecule has 0 radical (unpaired) electrons. The fraction of sp³-hybridized carbons (Fsp3) is 0.714. The van der Waals surface area contributed by atoms with Crippen molar-refractivity contribution in [2.45, 2.75) is 10.8 Å². The molecule has 4 atom stereocenters. The third kappa shape index (κ3) is 1.11. The lowest BCUT2D eigenvalue weighted by molar-refractivity contribution is -0.144. The zero-order valence-corrected chi connectivity index (χ0v) is 8.27. The van der Waals surface area contributed by atoms with Crippen LogP contribution in [0.1, 0.15) is 0 Å². The molecule has 0 aromatic heterocycles. The van der Waals surface area contributed by atoms with E-state index < -0.39 is 50.2 Å². The maximum Gasteiger partial charge on any atom is 0.325 e. The van der Waals surface area contributed by atoms with Gasteiger partial charge in [-0.25, -0.2) is 8.42 Å². The second-order valence-corrected chi connectivity index (χ2v) is 6.17. The van der Waals surface area contributed by atoms with Crippen molar-refractivity contribution in [2.24, 2.45) is 17.6 Å². The van der Waals surface area contributed by atoms with Crippen LogP contribution < -0.4 is 5.73 Å². The summed E-state index contributed by atoms with van der Waals surface area (Å²) in [5.41, 5.74) is 3.51. The normalized spacial score (nSPS) is 45.8. The second-order valence-electron chi connectivity index (χ2n) is 4.01. The van der Waals surface area contributed by atoms with Crippen molar-refractivity contribution < 1.29 is 28.2 Å². The minimum absolute atomic E-state index is 0.672. The van der Waals surface area contributed by atoms with Crippen LogP contribution in [0.5, 0.6) is 0 Å². The van der Waals surface area contributed by atoms with Crippen molar-refractivity contribution >= 4 is 21.8 Å². The first-order valence-corrected chi connectivity index (χ1v) is 5.90. The van der Waals surface area contributed by atoms with Crippen molar-refractivity contribution in [1.29, 1.82) is 0 Å². The minimum atomic E-state index is -3.68. The van der Waals surface area contributed by atoms with Gasteiger partial charge in [-0.15, -0.1) is 0 Å². The summed E-state index contributed by atoms with van der Waals surface area (Å²) < 4.78 is 22.9. The Hall–Kier alpha value is -1.15. The summed E-state index contributed by atoms with van der Waals surface area (Å²) in [4.78, 5) is 21.5. The molecule has 2 aliphatic rings. The molecule has 15 heavy (non-hydrogen) atoms. The summed E-state index contributed by atoms with van der Waals surface area (Å²) in [7, 11) is -3.68. The highest BCUT2D eigenvalue weighted by Gasteiger charge is 2.77. The van der Waals surface area contributed by atoms with Gasteiger partial charge < -0.3 is 15.9 Å². The van der Waals surface area contributed by atoms with Gasteiger partial charge in [0.2, 0.25) is 0 Å². The lowest BCUT2D eigenvalue weighted by atomic mass is 9.96. The van der Waals surface area contributed by atoms with Crippen molar-refractivity contribution in [3.8, 4) is 0 Å². The maximum atomic E-state index is 11.4. The van der Waals surface area contributed by atoms with Gasteiger partial charge in [-0.05, 0) is 0 Å². The van der Waals surface area contributed by atoms with Crippen LogP contribution in [-0.4, -0.2) is 47.1 Å². The van der Waals surface area contributed by atoms with Gasteiger partial charge in [0.25, 0.3) is 0 Å². The van der Waals surface area contributed by atoms with Gasteiger partial charge in [0.1, 0.15) is 5.54 Å². The van der Waals surface area contributed by atoms with E-state index in [1.807, 2.05) is 0 Å². The third-order valence-corrected chi connectivity index (χ3v) is 5.38. The van der Waals surface area contributed by atoms with E-state index in [0.717, 1.165) is 0 Å². The number of nitrogens with two attached hydrogens (primary N) is 1. The highest BCUT2D eigenvalue weighted by atomic mass is 32.2. The molecule has 0 bridgehead atoms. The first-order valence-electron chi connectivity index (χ1n) is 4.18. The zero-order chi connectivity index (χ0) is 11.6. The van der Waals surface area contributed by atoms with Crippen LogP contribution in [0.3, 0.4) is 0 Å². The number of carboxylic acid groups (broad SMARTS) is 2. The monoisotopic (exact) mass is 235 g/mol. The lowest BCUT2D eigenvalue weighted by Crippen LogP contribution is -2.53. The van der Waals surface area contributed by atoms with Crippen LogP contribution in [0, 0.1) is 11.8 Å². The highest BCUT2D eigenvalue weighted by molar-refractivity contribution is 7.92. The molecule has 7 nitrogen and oxygen atoms in total. The van der Waals surface area contributed by atoms with Gasteiger partial charge in [-0.2, -0.15) is 0 Å². The molecular weight excluding hydrogens is 226 g/mol. The topological polar surface area (TPSA) is 135 Å². The van der Waals surface area contributed by atoms with E-state index in [1.54, 1.807) is 0 Å². The molecule has 2 fully saturated rings. The number of fused-ring (bicyclic) bond motifs is 1. The van der Waals surface area contributed by atoms with Gasteiger partial charge in [0.15, 0.2) is 9.84 Å². The van der Waals surface area contributed by atoms with Crippen molar-refractivity contribution in [3.63, 3.8) is 0 Å². The fourth-order valence-electron chi connectivity index (χ4n) is 2.37. The quantitative estimate of drug-likeness (QED) is 0.498. The fourth-order valence-corrected chi connectivity index (χ4v) is 5.04. The Morgan fingerprint density at radius 1 is 1.33 bits per heavy atom. The minimum Gasteiger partial charge on any atom is -0.481 e. The number of sulfone groups is 1. The Kier molecular flexibility index (Phi) is 1.73. The molecule has 1 aliphatic heterocycles. The van der Waals surface area contributed by atoms with Crippen LogP contribution in [0.4, 0.5) is 0 Å². The van der Waals surface area contributed by atoms with Gasteiger partial charge >= 0.3 is 11.9 Å². The average molecular weight is 235 g/mol. The number of rotatable bonds is 2. The molecule has 8 heteroatoms. The first kappa shape index (κ1) is 10.4. The van der Waals surface area contributed by atoms with E-state index in [2.05, 4.69) is 0 Å². The third-order valence-electron chi connectivity index (χ3n) is 3.09. The molecule has 1 saturated heterocycles. The van der Waals surface area contributed by atoms with Gasteiger partial charge in [0.05, 0.1) is 16.9 Å². The molecule has 0 aromatic carbocycles. The van der Waals surface area contributed by atoms with Gasteiger partial charge in [-0.3, -0.25) is 9.59 Å². The average Bonchev–Trinajstić information content (AvgIpc) is 2.72. The van der Waals surface area contributed by atoms with Crippen LogP contribution in [0.25, 0.3) is 0 Å². The predicted molar refractivity (Wildman–Crippen MR) is 46.7 cm³/mol. The summed E-state index contributed by atoms with van der Waals surface area (Å²) in [5.74, 6) is -5.58. The molecular formula is C7H9NO6S. The summed E-state index contributed by atoms with van der Waals surface area (Å²) in [6.07, 6.45) is 0. The van der Waals surface area contributed by atoms with E-state index >= 15 is 0 Å². The molecule has 1 saturated carbocycles. The molecule has 84 valence electrons. The Morgan fingerprint density at radius 3 is 2.20 bits per heavy atom. The number of carboxylic acids is 2. The van der Waals surface area contributed by atoms with E-state index in [9.17, 15) is 18.0 Å². The number of hydrogen-bond donors (Lipinski definition) is 3. The first-order chi connectivity index (χ1) is 6.72. The Bertz CT molecular complexity index is 456. The molecule has 0 amide bonds. The van der Waals surface area contributed by atoms with Crippen LogP contribution >= 0.6 is 0 Å². The Balaban J connectivity index is 2.44. The van der Waals surface area contributed by atoms with Crippen molar-refractivity contribution in [1.82, 2.24) is 0 Å². The predicted octanol–water partition coefficient (Wildman–Crippen LogP) is -2.10. The summed E-state index contributed by atoms with van der Waals surface area (Å²) >= 11 is 0. The Morgan fingerprint density at radius 2 is 1.87 bits per heavy atom. The van der Waals surface area contributed by atoms with Gasteiger partial charge in [0, 0.05) is 5.92 Å². The molecule has 0 spiro atoms. The maximum absolute atomic E-state index is 11.4. The van der Waals surface area contributed by atoms with E-state index in [1.165, 1.54) is 0 Å². The smallest absolute Gasteiger partial charge is 0.325 e. The van der Waals surface area contributed by atoms with Crippen LogP contribution in [-0.2, 0) is 19.4 Å². The highest BCUT2D eigenvalue weighted by Crippen LogP contribution is 2.56. The van der Waals surface area contributed by atoms with Gasteiger partial charge in [-0.1, -0.05) is 0 Å². The summed E-state index contributed by atoms with van der Waals surface area (Å²) in [5, 5.41) is 16.4. The van der Waals surface area contributed by atoms with Crippen molar-refractivity contribution in [2.75, 3.05) is 5.75 Å². The largest absolute Gasteiger partial charge is 0.481 e. The standard InChI is InChI=1S/C7H9NO6S/c8-7(6(11)12)1-15(13,14)4-2(3(4)7)5(9)10/h2-4H,1,8H2,(H,9,10)(H,11,12)/t2-,3-,4-,7-/m1/s1. The number of carbonyl (C=O) groups is 2. The molecule has 1 heterocycles. The van der Waals surface area contributed by atoms with E-state index in [-0.39, 0.29) is 0 Å². The van der Waals surface area contributed by atoms with Crippen LogP contribution in [0.15, 0.2) is 0 Å². The van der Waals surface area contributed by atoms with Crippen LogP contribution in [0.2, 0.25) is 0 Å². The molecule has 1 aliphatic carbocycles. The SMILES string of the molecule is N[C@]1(C(=O)O)CS(=O)(=O)[C@@H]2[C@H](C(=O)O)[C@H]21.